The number of aromatic nitrogens is 3. The van der Waals surface area contributed by atoms with Crippen molar-refractivity contribution in [3.63, 3.8) is 0 Å². The third-order valence-electron chi connectivity index (χ3n) is 5.07. The van der Waals surface area contributed by atoms with Gasteiger partial charge in [0.05, 0.1) is 17.7 Å². The minimum Gasteiger partial charge on any atom is -0.489 e. The molecule has 0 spiro atoms. The zero-order valence-corrected chi connectivity index (χ0v) is 20.3. The minimum atomic E-state index is -4.90. The van der Waals surface area contributed by atoms with Gasteiger partial charge in [-0.1, -0.05) is 12.1 Å². The number of nitrogens with zero attached hydrogens (tertiary/aromatic N) is 4. The molecule has 2 aromatic carbocycles. The number of carbonyl (C=O) groups excluding carboxylic acids is 1. The minimum absolute atomic E-state index is 0.0116. The summed E-state index contributed by atoms with van der Waals surface area (Å²) >= 11 is 0. The molecule has 39 heavy (non-hydrogen) atoms. The van der Waals surface area contributed by atoms with Gasteiger partial charge in [-0.3, -0.25) is 0 Å². The lowest BCUT2D eigenvalue weighted by Crippen LogP contribution is -2.19. The highest BCUT2D eigenvalue weighted by atomic mass is 19.4. The number of alkyl halides is 6. The third-order valence-corrected chi connectivity index (χ3v) is 5.07. The Morgan fingerprint density at radius 3 is 2.44 bits per heavy atom. The fourth-order valence-electron chi connectivity index (χ4n) is 3.24. The summed E-state index contributed by atoms with van der Waals surface area (Å²) in [4.78, 5) is 12.7. The van der Waals surface area contributed by atoms with Gasteiger partial charge in [0.25, 0.3) is 0 Å². The standard InChI is InChI=1S/C24H20F6N4O5/c1-14(39-22(35)37-9-8-36-2)34-32-20(12-31)21(33-34)15-4-3-5-18(11-15)38-13-16-10-17(23(25,26)27)6-7-19(16)24(28,29)30/h3-7,10-11,14H,8-9,13H2,1-2H3. The van der Waals surface area contributed by atoms with Gasteiger partial charge in [0.1, 0.15) is 30.7 Å². The molecular formula is C24H20F6N4O5. The summed E-state index contributed by atoms with van der Waals surface area (Å²) in [5, 5.41) is 17.6. The van der Waals surface area contributed by atoms with Crippen LogP contribution in [0.3, 0.4) is 0 Å². The molecule has 9 nitrogen and oxygen atoms in total. The topological polar surface area (TPSA) is 108 Å². The Morgan fingerprint density at radius 2 is 1.79 bits per heavy atom. The van der Waals surface area contributed by atoms with Gasteiger partial charge in [-0.2, -0.15) is 31.6 Å². The molecule has 0 radical (unpaired) electrons. The molecule has 1 unspecified atom stereocenters. The van der Waals surface area contributed by atoms with Crippen molar-refractivity contribution in [2.24, 2.45) is 0 Å². The summed E-state index contributed by atoms with van der Waals surface area (Å²) in [6.45, 7) is 0.683. The number of rotatable bonds is 9. The van der Waals surface area contributed by atoms with Crippen LogP contribution in [0, 0.1) is 11.3 Å². The average Bonchev–Trinajstić information content (AvgIpc) is 3.31. The van der Waals surface area contributed by atoms with Gasteiger partial charge in [-0.05, 0) is 37.3 Å². The van der Waals surface area contributed by atoms with Crippen LogP contribution in [0.15, 0.2) is 42.5 Å². The van der Waals surface area contributed by atoms with Crippen molar-refractivity contribution in [2.75, 3.05) is 20.3 Å². The zero-order chi connectivity index (χ0) is 28.8. The van der Waals surface area contributed by atoms with Gasteiger partial charge in [-0.15, -0.1) is 15.0 Å². The van der Waals surface area contributed by atoms with E-state index in [9.17, 15) is 36.4 Å². The Balaban J connectivity index is 1.82. The first-order valence-electron chi connectivity index (χ1n) is 11.0. The van der Waals surface area contributed by atoms with Crippen molar-refractivity contribution < 1.29 is 50.1 Å². The van der Waals surface area contributed by atoms with Crippen LogP contribution in [0.1, 0.15) is 35.5 Å². The molecule has 0 aliphatic rings. The number of methoxy groups -OCH3 is 1. The van der Waals surface area contributed by atoms with Crippen molar-refractivity contribution in [3.05, 3.63) is 64.8 Å². The van der Waals surface area contributed by atoms with Crippen LogP contribution in [0.5, 0.6) is 5.75 Å². The van der Waals surface area contributed by atoms with Crippen LogP contribution < -0.4 is 4.74 Å². The van der Waals surface area contributed by atoms with Crippen LogP contribution in [0.4, 0.5) is 31.1 Å². The molecule has 0 N–H and O–H groups in total. The lowest BCUT2D eigenvalue weighted by Gasteiger charge is -2.16. The highest BCUT2D eigenvalue weighted by Gasteiger charge is 2.37. The molecule has 0 bridgehead atoms. The Labute approximate surface area is 217 Å². The van der Waals surface area contributed by atoms with Gasteiger partial charge < -0.3 is 18.9 Å². The lowest BCUT2D eigenvalue weighted by atomic mass is 10.0. The molecule has 15 heteroatoms. The predicted molar refractivity (Wildman–Crippen MR) is 120 cm³/mol. The number of halogens is 6. The number of carbonyl (C=O) groups is 1. The Morgan fingerprint density at radius 1 is 1.05 bits per heavy atom. The first-order chi connectivity index (χ1) is 18.3. The molecule has 0 saturated heterocycles. The molecular weight excluding hydrogens is 538 g/mol. The predicted octanol–water partition coefficient (Wildman–Crippen LogP) is 5.75. The quantitative estimate of drug-likeness (QED) is 0.186. The maximum atomic E-state index is 13.4. The maximum Gasteiger partial charge on any atom is 0.510 e. The molecule has 0 aliphatic carbocycles. The van der Waals surface area contributed by atoms with Gasteiger partial charge in [0, 0.05) is 18.2 Å². The van der Waals surface area contributed by atoms with Crippen LogP contribution in [0.25, 0.3) is 11.3 Å². The summed E-state index contributed by atoms with van der Waals surface area (Å²) in [5.74, 6) is -0.0116. The first kappa shape index (κ1) is 29.2. The van der Waals surface area contributed by atoms with E-state index in [0.29, 0.717) is 18.2 Å². The van der Waals surface area contributed by atoms with Crippen molar-refractivity contribution in [1.82, 2.24) is 15.0 Å². The number of benzene rings is 2. The van der Waals surface area contributed by atoms with Crippen molar-refractivity contribution in [2.45, 2.75) is 32.1 Å². The SMILES string of the molecule is COCCOC(=O)OC(C)n1nc(C#N)c(-c2cccc(OCc3cc(C(F)(F)F)ccc3C(F)(F)F)c2)n1. The van der Waals surface area contributed by atoms with Crippen LogP contribution in [0.2, 0.25) is 0 Å². The normalized spacial score (nSPS) is 12.5. The molecule has 1 heterocycles. The summed E-state index contributed by atoms with van der Waals surface area (Å²) < 4.78 is 99.3. The molecule has 0 amide bonds. The summed E-state index contributed by atoms with van der Waals surface area (Å²) in [6, 6.07) is 8.54. The monoisotopic (exact) mass is 558 g/mol. The summed E-state index contributed by atoms with van der Waals surface area (Å²) in [7, 11) is 1.42. The molecule has 0 fully saturated rings. The van der Waals surface area contributed by atoms with Crippen LogP contribution in [-0.2, 0) is 33.2 Å². The van der Waals surface area contributed by atoms with E-state index in [1.165, 1.54) is 38.3 Å². The number of nitriles is 1. The van der Waals surface area contributed by atoms with Crippen LogP contribution in [-0.4, -0.2) is 41.5 Å². The fraction of sp³-hybridized carbons (Fsp3) is 0.333. The molecule has 0 aliphatic heterocycles. The molecule has 3 aromatic rings. The van der Waals surface area contributed by atoms with E-state index in [2.05, 4.69) is 10.2 Å². The van der Waals surface area contributed by atoms with E-state index in [-0.39, 0.29) is 35.9 Å². The molecule has 1 aromatic heterocycles. The lowest BCUT2D eigenvalue weighted by molar-refractivity contribution is -0.142. The van der Waals surface area contributed by atoms with E-state index in [0.717, 1.165) is 4.80 Å². The second-order valence-corrected chi connectivity index (χ2v) is 7.82. The average molecular weight is 558 g/mol. The highest BCUT2D eigenvalue weighted by Crippen LogP contribution is 2.37. The Kier molecular flexibility index (Phi) is 9.02. The van der Waals surface area contributed by atoms with Gasteiger partial charge in [0.2, 0.25) is 6.23 Å². The highest BCUT2D eigenvalue weighted by molar-refractivity contribution is 5.65. The van der Waals surface area contributed by atoms with Crippen molar-refractivity contribution in [3.8, 4) is 23.1 Å². The largest absolute Gasteiger partial charge is 0.510 e. The summed E-state index contributed by atoms with van der Waals surface area (Å²) in [6.07, 6.45) is -11.9. The number of hydrogen-bond donors (Lipinski definition) is 0. The van der Waals surface area contributed by atoms with E-state index in [1.807, 2.05) is 6.07 Å². The molecule has 1 atom stereocenters. The zero-order valence-electron chi connectivity index (χ0n) is 20.3. The van der Waals surface area contributed by atoms with E-state index < -0.39 is 48.0 Å². The second-order valence-electron chi connectivity index (χ2n) is 7.82. The van der Waals surface area contributed by atoms with Crippen molar-refractivity contribution >= 4 is 6.16 Å². The Bertz CT molecular complexity index is 1350. The Hall–Kier alpha value is -4.32. The van der Waals surface area contributed by atoms with Gasteiger partial charge in [-0.25, -0.2) is 4.79 Å². The second kappa shape index (κ2) is 12.0. The molecule has 0 saturated carbocycles. The maximum absolute atomic E-state index is 13.4. The number of hydrogen-bond acceptors (Lipinski definition) is 8. The molecule has 3 rings (SSSR count). The van der Waals surface area contributed by atoms with Gasteiger partial charge in [0.15, 0.2) is 5.69 Å². The first-order valence-corrected chi connectivity index (χ1v) is 11.0. The van der Waals surface area contributed by atoms with E-state index in [1.54, 1.807) is 0 Å². The third kappa shape index (κ3) is 7.60. The van der Waals surface area contributed by atoms with Crippen molar-refractivity contribution in [1.29, 1.82) is 5.26 Å². The smallest absolute Gasteiger partial charge is 0.489 e. The molecule has 208 valence electrons. The van der Waals surface area contributed by atoms with E-state index >= 15 is 0 Å². The summed E-state index contributed by atoms with van der Waals surface area (Å²) in [5.41, 5.74) is -3.12. The van der Waals surface area contributed by atoms with Gasteiger partial charge >= 0.3 is 18.5 Å². The fourth-order valence-corrected chi connectivity index (χ4v) is 3.24. The van der Waals surface area contributed by atoms with E-state index in [4.69, 9.17) is 18.9 Å². The van der Waals surface area contributed by atoms with Crippen LogP contribution >= 0.6 is 0 Å². The number of ether oxygens (including phenoxy) is 4.